The molecule has 2 N–H and O–H groups in total. The van der Waals surface area contributed by atoms with Crippen molar-refractivity contribution < 1.29 is 88.1 Å². The summed E-state index contributed by atoms with van der Waals surface area (Å²) in [7, 11) is 0. The molecule has 0 radical (unpaired) electrons. The zero-order chi connectivity index (χ0) is 46.7. The van der Waals surface area contributed by atoms with Gasteiger partial charge >= 0.3 is 11.9 Å². The largest absolute Gasteiger partial charge is 1.00 e. The van der Waals surface area contributed by atoms with Crippen LogP contribution in [0.3, 0.4) is 0 Å². The van der Waals surface area contributed by atoms with Gasteiger partial charge in [0.2, 0.25) is 0 Å². The second kappa shape index (κ2) is 26.8. The molecule has 8 rings (SSSR count). The summed E-state index contributed by atoms with van der Waals surface area (Å²) in [6.45, 7) is 21.8. The van der Waals surface area contributed by atoms with Gasteiger partial charge in [0, 0.05) is 43.4 Å². The average molecular weight is 1010 g/mol. The molecule has 0 amide bonds. The number of hydrogen-bond acceptors (Lipinski definition) is 2. The number of aliphatic carboxylic acids is 2. The molecular formula is C60H62Cl2O4Ti2-4. The van der Waals surface area contributed by atoms with Crippen LogP contribution < -0.4 is 24.8 Å². The molecule has 68 heavy (non-hydrogen) atoms. The van der Waals surface area contributed by atoms with Gasteiger partial charge in [-0.2, -0.15) is 22.3 Å². The normalized spacial score (nSPS) is 14.1. The number of carboxylic acid groups (broad SMARTS) is 2. The minimum absolute atomic E-state index is 0. The third-order valence-corrected chi connectivity index (χ3v) is 13.0. The molecule has 0 spiro atoms. The van der Waals surface area contributed by atoms with Gasteiger partial charge in [0.1, 0.15) is 10.8 Å². The van der Waals surface area contributed by atoms with Crippen LogP contribution in [0.2, 0.25) is 0 Å². The SMILES string of the molecule is CC1=[C-]C(C)(C)C(C)=C1C.CC1=[C-]C(C)(C)C(C)=C1C.O=C(O)C(c1ccccc1)(c1ccccc1)c1ccccc1.O=C(O)C(c1ccccc1)(c1ccccc1)c1ccccc1.[Cl-].[Cl-].[Ti].[Ti]. The third-order valence-electron chi connectivity index (χ3n) is 13.0. The maximum atomic E-state index is 12.4. The molecule has 0 heterocycles. The molecule has 2 aliphatic rings. The van der Waals surface area contributed by atoms with Crippen molar-refractivity contribution in [3.05, 3.63) is 261 Å². The molecule has 6 aromatic rings. The maximum absolute atomic E-state index is 12.4. The van der Waals surface area contributed by atoms with Gasteiger partial charge in [0.25, 0.3) is 0 Å². The number of carbonyl (C=O) groups is 2. The van der Waals surface area contributed by atoms with Crippen molar-refractivity contribution in [1.82, 2.24) is 0 Å². The monoisotopic (exact) mass is 1010 g/mol. The molecule has 4 nitrogen and oxygen atoms in total. The second-order valence-corrected chi connectivity index (χ2v) is 17.6. The molecule has 0 bridgehead atoms. The van der Waals surface area contributed by atoms with E-state index in [9.17, 15) is 19.8 Å². The molecule has 6 aromatic carbocycles. The van der Waals surface area contributed by atoms with Crippen molar-refractivity contribution in [2.45, 2.75) is 80.1 Å². The summed E-state index contributed by atoms with van der Waals surface area (Å²) >= 11 is 0. The van der Waals surface area contributed by atoms with E-state index in [2.05, 4.69) is 81.4 Å². The number of allylic oxidation sites excluding steroid dienone is 8. The van der Waals surface area contributed by atoms with Crippen LogP contribution in [0.5, 0.6) is 0 Å². The Morgan fingerprint density at radius 3 is 0.618 bits per heavy atom. The average Bonchev–Trinajstić information content (AvgIpc) is 3.60. The predicted molar refractivity (Wildman–Crippen MR) is 263 cm³/mol. The molecule has 0 aliphatic heterocycles. The third kappa shape index (κ3) is 13.3. The molecule has 0 saturated carbocycles. The van der Waals surface area contributed by atoms with E-state index in [1.165, 1.54) is 33.4 Å². The van der Waals surface area contributed by atoms with Gasteiger partial charge in [0.05, 0.1) is 0 Å². The van der Waals surface area contributed by atoms with E-state index in [0.717, 1.165) is 33.4 Å². The Morgan fingerprint density at radius 1 is 0.368 bits per heavy atom. The van der Waals surface area contributed by atoms with E-state index in [1.807, 2.05) is 182 Å². The molecule has 352 valence electrons. The Balaban J connectivity index is 0.000000472. The number of benzene rings is 6. The first-order valence-corrected chi connectivity index (χ1v) is 21.8. The van der Waals surface area contributed by atoms with Gasteiger partial charge in [-0.05, 0) is 33.4 Å². The number of halogens is 2. The van der Waals surface area contributed by atoms with Gasteiger partial charge in [-0.25, -0.2) is 11.1 Å². The molecule has 0 saturated heterocycles. The van der Waals surface area contributed by atoms with Crippen molar-refractivity contribution in [3.63, 3.8) is 0 Å². The minimum atomic E-state index is -1.20. The first-order chi connectivity index (χ1) is 30.4. The predicted octanol–water partition coefficient (Wildman–Crippen LogP) is 8.44. The zero-order valence-electron chi connectivity index (χ0n) is 40.8. The molecule has 2 aliphatic carbocycles. The fourth-order valence-corrected chi connectivity index (χ4v) is 8.68. The Morgan fingerprint density at radius 2 is 0.529 bits per heavy atom. The standard InChI is InChI=1S/2C20H16O2.2C10H15.2ClH.2Ti/c2*21-19(22)20(16-10-4-1-5-11-16,17-12-6-2-7-13-17)18-14-8-3-9-15-18;2*1-7-6-10(4,5)9(3)8(7)2;;;;/h2*1-15H,(H,21,22);2*1-5H3;2*1H;;/q;;2*-1;;;;/p-2. The zero-order valence-corrected chi connectivity index (χ0v) is 45.4. The van der Waals surface area contributed by atoms with E-state index < -0.39 is 22.8 Å². The summed E-state index contributed by atoms with van der Waals surface area (Å²) in [6, 6.07) is 56.3. The van der Waals surface area contributed by atoms with Crippen molar-refractivity contribution in [2.75, 3.05) is 0 Å². The first kappa shape index (κ1) is 61.2. The quantitative estimate of drug-likeness (QED) is 0.0913. The topological polar surface area (TPSA) is 74.6 Å². The summed E-state index contributed by atoms with van der Waals surface area (Å²) in [5, 5.41) is 20.4. The van der Waals surface area contributed by atoms with Gasteiger partial charge in [-0.1, -0.05) is 248 Å². The Hall–Kier alpha value is -4.77. The van der Waals surface area contributed by atoms with Crippen LogP contribution in [0.25, 0.3) is 0 Å². The van der Waals surface area contributed by atoms with Crippen molar-refractivity contribution >= 4 is 11.9 Å². The smallest absolute Gasteiger partial charge is 0.323 e. The summed E-state index contributed by atoms with van der Waals surface area (Å²) < 4.78 is 0. The summed E-state index contributed by atoms with van der Waals surface area (Å²) in [4.78, 5) is 24.8. The Kier molecular flexibility index (Phi) is 24.2. The summed E-state index contributed by atoms with van der Waals surface area (Å²) in [6.07, 6.45) is 6.87. The molecular weight excluding hydrogens is 951 g/mol. The number of hydrogen-bond donors (Lipinski definition) is 2. The van der Waals surface area contributed by atoms with Crippen LogP contribution in [0.1, 0.15) is 103 Å². The first-order valence-electron chi connectivity index (χ1n) is 21.8. The molecule has 8 heteroatoms. The fraction of sp³-hybridized carbons (Fsp3) is 0.233. The Bertz CT molecular complexity index is 2260. The van der Waals surface area contributed by atoms with E-state index in [-0.39, 0.29) is 79.1 Å². The molecule has 0 unspecified atom stereocenters. The van der Waals surface area contributed by atoms with Crippen molar-refractivity contribution in [1.29, 1.82) is 0 Å². The van der Waals surface area contributed by atoms with E-state index in [1.54, 1.807) is 0 Å². The van der Waals surface area contributed by atoms with Crippen LogP contribution in [0.15, 0.2) is 215 Å². The van der Waals surface area contributed by atoms with Gasteiger partial charge in [0.15, 0.2) is 0 Å². The van der Waals surface area contributed by atoms with Gasteiger partial charge < -0.3 is 35.0 Å². The van der Waals surface area contributed by atoms with Crippen LogP contribution in [-0.4, -0.2) is 22.2 Å². The molecule has 0 fully saturated rings. The number of carboxylic acids is 2. The van der Waals surface area contributed by atoms with Crippen molar-refractivity contribution in [3.8, 4) is 0 Å². The van der Waals surface area contributed by atoms with Crippen LogP contribution >= 0.6 is 0 Å². The molecule has 0 atom stereocenters. The van der Waals surface area contributed by atoms with Crippen molar-refractivity contribution in [2.24, 2.45) is 10.8 Å². The van der Waals surface area contributed by atoms with Crippen LogP contribution in [0.4, 0.5) is 0 Å². The fourth-order valence-electron chi connectivity index (χ4n) is 8.68. The van der Waals surface area contributed by atoms with E-state index in [4.69, 9.17) is 0 Å². The maximum Gasteiger partial charge on any atom is 0.323 e. The van der Waals surface area contributed by atoms with Gasteiger partial charge in [-0.3, -0.25) is 21.7 Å². The van der Waals surface area contributed by atoms with Crippen LogP contribution in [-0.2, 0) is 63.9 Å². The summed E-state index contributed by atoms with van der Waals surface area (Å²) in [5.41, 5.74) is 10.9. The summed E-state index contributed by atoms with van der Waals surface area (Å²) in [5.74, 6) is -1.76. The van der Waals surface area contributed by atoms with E-state index in [0.29, 0.717) is 0 Å². The number of rotatable bonds is 8. The van der Waals surface area contributed by atoms with E-state index >= 15 is 0 Å². The molecule has 0 aromatic heterocycles. The Labute approximate surface area is 448 Å². The minimum Gasteiger partial charge on any atom is -1.00 e. The van der Waals surface area contributed by atoms with Crippen LogP contribution in [0, 0.1) is 23.0 Å². The van der Waals surface area contributed by atoms with Gasteiger partial charge in [-0.15, -0.1) is 13.8 Å². The second-order valence-electron chi connectivity index (χ2n) is 17.6.